The number of ether oxygens (including phenoxy) is 1. The molecule has 0 saturated carbocycles. The van der Waals surface area contributed by atoms with Gasteiger partial charge in [0.05, 0.1) is 5.69 Å². The van der Waals surface area contributed by atoms with E-state index in [-0.39, 0.29) is 48.3 Å². The molecule has 1 N–H and O–H groups in total. The summed E-state index contributed by atoms with van der Waals surface area (Å²) in [7, 11) is 1.49. The summed E-state index contributed by atoms with van der Waals surface area (Å²) in [6, 6.07) is 3.40. The van der Waals surface area contributed by atoms with Crippen LogP contribution in [0.4, 0.5) is 23.7 Å². The van der Waals surface area contributed by atoms with E-state index in [0.29, 0.717) is 0 Å². The largest absolute Gasteiger partial charge is 0.482 e. The highest BCUT2D eigenvalue weighted by Crippen LogP contribution is 2.30. The first-order valence-corrected chi connectivity index (χ1v) is 8.29. The molecule has 0 aromatic heterocycles. The highest BCUT2D eigenvalue weighted by Gasteiger charge is 2.33. The van der Waals surface area contributed by atoms with Crippen LogP contribution in [0.5, 0.6) is 5.75 Å². The van der Waals surface area contributed by atoms with Gasteiger partial charge in [0.25, 0.3) is 0 Å². The first kappa shape index (κ1) is 20.8. The van der Waals surface area contributed by atoms with E-state index < -0.39 is 24.7 Å². The summed E-state index contributed by atoms with van der Waals surface area (Å²) in [6.45, 7) is -1.44. The zero-order valence-electron chi connectivity index (χ0n) is 14.3. The average molecular weight is 408 g/mol. The van der Waals surface area contributed by atoms with Gasteiger partial charge in [-0.2, -0.15) is 13.2 Å². The molecule has 1 saturated heterocycles. The lowest BCUT2D eigenvalue weighted by atomic mass is 10.2. The van der Waals surface area contributed by atoms with Crippen molar-refractivity contribution >= 4 is 35.1 Å². The molecule has 7 nitrogen and oxygen atoms in total. The Labute approximate surface area is 158 Å². The van der Waals surface area contributed by atoms with Gasteiger partial charge in [0.1, 0.15) is 12.3 Å². The van der Waals surface area contributed by atoms with Crippen molar-refractivity contribution in [3.8, 4) is 5.75 Å². The monoisotopic (exact) mass is 407 g/mol. The summed E-state index contributed by atoms with van der Waals surface area (Å²) in [5, 5.41) is 2.64. The number of amides is 4. The molecule has 0 spiro atoms. The van der Waals surface area contributed by atoms with Gasteiger partial charge in [-0.3, -0.25) is 14.5 Å². The lowest BCUT2D eigenvalue weighted by Crippen LogP contribution is -2.32. The summed E-state index contributed by atoms with van der Waals surface area (Å²) < 4.78 is 41.6. The van der Waals surface area contributed by atoms with Crippen LogP contribution in [0.15, 0.2) is 18.2 Å². The van der Waals surface area contributed by atoms with Crippen LogP contribution in [-0.4, -0.2) is 60.6 Å². The molecule has 1 fully saturated rings. The Morgan fingerprint density at radius 2 is 2.04 bits per heavy atom. The van der Waals surface area contributed by atoms with Gasteiger partial charge in [0, 0.05) is 25.0 Å². The molecule has 1 aliphatic heterocycles. The molecule has 27 heavy (non-hydrogen) atoms. The molecular weight excluding hydrogens is 391 g/mol. The molecule has 2 rings (SSSR count). The predicted molar refractivity (Wildman–Crippen MR) is 90.6 cm³/mol. The van der Waals surface area contributed by atoms with E-state index in [0.717, 1.165) is 4.90 Å². The number of urea groups is 1. The maximum atomic E-state index is 12.3. The topological polar surface area (TPSA) is 79.0 Å². The number of rotatable bonds is 7. The van der Waals surface area contributed by atoms with E-state index in [1.807, 2.05) is 0 Å². The molecule has 0 unspecified atom stereocenters. The summed E-state index contributed by atoms with van der Waals surface area (Å²) >= 11 is 5.81. The number of anilines is 1. The fraction of sp³-hybridized carbons (Fsp3) is 0.438. The van der Waals surface area contributed by atoms with Gasteiger partial charge in [-0.05, 0) is 24.6 Å². The number of benzene rings is 1. The van der Waals surface area contributed by atoms with Crippen LogP contribution in [-0.2, 0) is 9.59 Å². The minimum absolute atomic E-state index is 0.00445. The normalized spacial score (nSPS) is 14.7. The Kier molecular flexibility index (Phi) is 6.53. The Morgan fingerprint density at radius 3 is 2.63 bits per heavy atom. The van der Waals surface area contributed by atoms with Gasteiger partial charge in [-0.25, -0.2) is 4.79 Å². The number of carbonyl (C=O) groups excluding carboxylic acids is 3. The van der Waals surface area contributed by atoms with Gasteiger partial charge in [-0.15, -0.1) is 0 Å². The number of halogens is 4. The molecule has 1 aromatic rings. The molecule has 4 amide bonds. The minimum Gasteiger partial charge on any atom is -0.482 e. The molecule has 0 aliphatic carbocycles. The summed E-state index contributed by atoms with van der Waals surface area (Å²) in [5.41, 5.74) is 0.00445. The Hall–Kier alpha value is -2.49. The third-order valence-corrected chi connectivity index (χ3v) is 3.86. The molecule has 0 bridgehead atoms. The average Bonchev–Trinajstić information content (AvgIpc) is 2.79. The van der Waals surface area contributed by atoms with E-state index in [9.17, 15) is 27.6 Å². The second-order valence-corrected chi connectivity index (χ2v) is 6.32. The molecule has 0 radical (unpaired) electrons. The van der Waals surface area contributed by atoms with E-state index in [2.05, 4.69) is 10.1 Å². The molecule has 1 heterocycles. The number of nitrogens with one attached hydrogen (secondary N) is 1. The standard InChI is InChI=1S/C16H17ClF3N3O4/c1-22-8-14(25)23(15(22)26)6-2-3-13(24)21-11-7-10(17)4-5-12(11)27-9-16(18,19)20/h4-5,7H,2-3,6,8-9H2,1H3,(H,21,24). The van der Waals surface area contributed by atoms with E-state index >= 15 is 0 Å². The van der Waals surface area contributed by atoms with Crippen molar-refractivity contribution in [3.05, 3.63) is 23.2 Å². The quantitative estimate of drug-likeness (QED) is 0.705. The number of carbonyl (C=O) groups is 3. The van der Waals surface area contributed by atoms with Crippen LogP contribution in [0.25, 0.3) is 0 Å². The van der Waals surface area contributed by atoms with Crippen LogP contribution in [0.3, 0.4) is 0 Å². The number of imide groups is 1. The second-order valence-electron chi connectivity index (χ2n) is 5.88. The van der Waals surface area contributed by atoms with Crippen LogP contribution >= 0.6 is 11.6 Å². The van der Waals surface area contributed by atoms with E-state index in [1.165, 1.54) is 30.1 Å². The van der Waals surface area contributed by atoms with Crippen LogP contribution in [0.1, 0.15) is 12.8 Å². The number of nitrogens with zero attached hydrogens (tertiary/aromatic N) is 2. The predicted octanol–water partition coefficient (Wildman–Crippen LogP) is 2.89. The maximum absolute atomic E-state index is 12.3. The van der Waals surface area contributed by atoms with Crippen LogP contribution in [0, 0.1) is 0 Å². The second kappa shape index (κ2) is 8.47. The van der Waals surface area contributed by atoms with Crippen LogP contribution < -0.4 is 10.1 Å². The number of hydrogen-bond donors (Lipinski definition) is 1. The number of hydrogen-bond acceptors (Lipinski definition) is 4. The highest BCUT2D eigenvalue weighted by atomic mass is 35.5. The van der Waals surface area contributed by atoms with Crippen LogP contribution in [0.2, 0.25) is 5.02 Å². The van der Waals surface area contributed by atoms with Gasteiger partial charge in [0.2, 0.25) is 11.8 Å². The minimum atomic E-state index is -4.52. The lowest BCUT2D eigenvalue weighted by Gasteiger charge is -2.15. The third-order valence-electron chi connectivity index (χ3n) is 3.62. The van der Waals surface area contributed by atoms with Gasteiger partial charge in [0.15, 0.2) is 6.61 Å². The first-order valence-electron chi connectivity index (χ1n) is 7.91. The fourth-order valence-electron chi connectivity index (χ4n) is 2.38. The zero-order chi connectivity index (χ0) is 20.2. The van der Waals surface area contributed by atoms with Crippen molar-refractivity contribution in [1.82, 2.24) is 9.80 Å². The number of alkyl halides is 3. The molecule has 0 atom stereocenters. The zero-order valence-corrected chi connectivity index (χ0v) is 15.1. The Morgan fingerprint density at radius 1 is 1.33 bits per heavy atom. The SMILES string of the molecule is CN1CC(=O)N(CCCC(=O)Nc2cc(Cl)ccc2OCC(F)(F)F)C1=O. The fourth-order valence-corrected chi connectivity index (χ4v) is 2.56. The number of likely N-dealkylation sites (N-methyl/N-ethyl adjacent to an activating group) is 1. The van der Waals surface area contributed by atoms with Gasteiger partial charge >= 0.3 is 12.2 Å². The summed E-state index contributed by atoms with van der Waals surface area (Å²) in [6.07, 6.45) is -4.37. The Balaban J connectivity index is 1.90. The van der Waals surface area contributed by atoms with Crippen molar-refractivity contribution in [2.75, 3.05) is 32.1 Å². The van der Waals surface area contributed by atoms with E-state index in [1.54, 1.807) is 0 Å². The van der Waals surface area contributed by atoms with Crippen molar-refractivity contribution in [1.29, 1.82) is 0 Å². The first-order chi connectivity index (χ1) is 12.6. The summed E-state index contributed by atoms with van der Waals surface area (Å²) in [4.78, 5) is 37.7. The van der Waals surface area contributed by atoms with Gasteiger partial charge in [-0.1, -0.05) is 11.6 Å². The molecule has 1 aliphatic rings. The smallest absolute Gasteiger partial charge is 0.422 e. The van der Waals surface area contributed by atoms with E-state index in [4.69, 9.17) is 11.6 Å². The molecule has 1 aromatic carbocycles. The highest BCUT2D eigenvalue weighted by molar-refractivity contribution is 6.31. The Bertz CT molecular complexity index is 742. The molecule has 11 heteroatoms. The molecular formula is C16H17ClF3N3O4. The van der Waals surface area contributed by atoms with Crippen molar-refractivity contribution in [2.24, 2.45) is 0 Å². The maximum Gasteiger partial charge on any atom is 0.422 e. The van der Waals surface area contributed by atoms with Gasteiger partial charge < -0.3 is 15.0 Å². The molecule has 148 valence electrons. The van der Waals surface area contributed by atoms with Crippen molar-refractivity contribution in [2.45, 2.75) is 19.0 Å². The third kappa shape index (κ3) is 6.02. The lowest BCUT2D eigenvalue weighted by molar-refractivity contribution is -0.153. The van der Waals surface area contributed by atoms with Crippen molar-refractivity contribution < 1.29 is 32.3 Å². The van der Waals surface area contributed by atoms with Crippen molar-refractivity contribution in [3.63, 3.8) is 0 Å². The summed E-state index contributed by atoms with van der Waals surface area (Å²) in [5.74, 6) is -1.03.